The van der Waals surface area contributed by atoms with Gasteiger partial charge in [-0.05, 0) is 24.6 Å². The summed E-state index contributed by atoms with van der Waals surface area (Å²) >= 11 is 0. The second-order valence-electron chi connectivity index (χ2n) is 4.42. The molecule has 3 N–H and O–H groups in total. The number of carbonyl (C=O) groups is 1. The molecule has 0 saturated heterocycles. The van der Waals surface area contributed by atoms with Crippen LogP contribution in [0, 0.1) is 11.7 Å². The van der Waals surface area contributed by atoms with Crippen molar-refractivity contribution < 1.29 is 17.6 Å². The second kappa shape index (κ2) is 6.63. The molecule has 19 heavy (non-hydrogen) atoms. The smallest absolute Gasteiger partial charge is 0.239 e. The first-order chi connectivity index (χ1) is 8.84. The maximum atomic E-state index is 13.3. The third-order valence-electron chi connectivity index (χ3n) is 2.44. The highest BCUT2D eigenvalue weighted by Crippen LogP contribution is 2.12. The number of benzene rings is 1. The quantitative estimate of drug-likeness (QED) is 0.809. The SMILES string of the molecule is CC(CN)CS(=O)(=O)CC(=O)Nc1ccccc1F. The Morgan fingerprint density at radius 2 is 2.05 bits per heavy atom. The zero-order chi connectivity index (χ0) is 14.5. The van der Waals surface area contributed by atoms with E-state index in [-0.39, 0.29) is 23.9 Å². The van der Waals surface area contributed by atoms with Crippen molar-refractivity contribution in [3.05, 3.63) is 30.1 Å². The Morgan fingerprint density at radius 1 is 1.42 bits per heavy atom. The Morgan fingerprint density at radius 3 is 2.63 bits per heavy atom. The maximum absolute atomic E-state index is 13.3. The Hall–Kier alpha value is -1.47. The number of carbonyl (C=O) groups excluding carboxylic acids is 1. The monoisotopic (exact) mass is 288 g/mol. The maximum Gasteiger partial charge on any atom is 0.239 e. The fraction of sp³-hybridized carbons (Fsp3) is 0.417. The van der Waals surface area contributed by atoms with Crippen molar-refractivity contribution in [1.82, 2.24) is 0 Å². The van der Waals surface area contributed by atoms with Gasteiger partial charge in [0, 0.05) is 0 Å². The molecule has 5 nitrogen and oxygen atoms in total. The van der Waals surface area contributed by atoms with Crippen molar-refractivity contribution in [2.75, 3.05) is 23.4 Å². The van der Waals surface area contributed by atoms with Crippen LogP contribution < -0.4 is 11.1 Å². The Kier molecular flexibility index (Phi) is 5.44. The van der Waals surface area contributed by atoms with E-state index in [1.807, 2.05) is 0 Å². The minimum Gasteiger partial charge on any atom is -0.330 e. The van der Waals surface area contributed by atoms with Crippen LogP contribution in [-0.2, 0) is 14.6 Å². The molecule has 0 fully saturated rings. The first-order valence-electron chi connectivity index (χ1n) is 5.79. The Balaban J connectivity index is 2.63. The van der Waals surface area contributed by atoms with Crippen molar-refractivity contribution in [1.29, 1.82) is 0 Å². The summed E-state index contributed by atoms with van der Waals surface area (Å²) < 4.78 is 36.6. The molecule has 0 aliphatic rings. The van der Waals surface area contributed by atoms with Crippen LogP contribution in [0.5, 0.6) is 0 Å². The summed E-state index contributed by atoms with van der Waals surface area (Å²) in [5.74, 6) is -2.41. The molecule has 7 heteroatoms. The molecule has 1 aromatic carbocycles. The summed E-state index contributed by atoms with van der Waals surface area (Å²) in [6.07, 6.45) is 0. The van der Waals surface area contributed by atoms with Gasteiger partial charge in [0.1, 0.15) is 11.6 Å². The molecule has 1 amide bonds. The molecular weight excluding hydrogens is 271 g/mol. The first-order valence-corrected chi connectivity index (χ1v) is 7.61. The third-order valence-corrected chi connectivity index (χ3v) is 4.22. The number of hydrogen-bond acceptors (Lipinski definition) is 4. The highest BCUT2D eigenvalue weighted by atomic mass is 32.2. The lowest BCUT2D eigenvalue weighted by molar-refractivity contribution is -0.113. The predicted octanol–water partition coefficient (Wildman–Crippen LogP) is 0.774. The number of amides is 1. The van der Waals surface area contributed by atoms with Crippen LogP contribution in [0.4, 0.5) is 10.1 Å². The number of rotatable bonds is 6. The highest BCUT2D eigenvalue weighted by molar-refractivity contribution is 7.92. The standard InChI is InChI=1S/C12H17FN2O3S/c1-9(6-14)7-19(17,18)8-12(16)15-11-5-3-2-4-10(11)13/h2-5,9H,6-8,14H2,1H3,(H,15,16). The normalized spacial score (nSPS) is 13.0. The summed E-state index contributed by atoms with van der Waals surface area (Å²) in [4.78, 5) is 11.6. The van der Waals surface area contributed by atoms with Gasteiger partial charge in [-0.25, -0.2) is 12.8 Å². The minimum absolute atomic E-state index is 0.0328. The molecule has 0 radical (unpaired) electrons. The van der Waals surface area contributed by atoms with Gasteiger partial charge in [-0.2, -0.15) is 0 Å². The number of nitrogens with one attached hydrogen (secondary N) is 1. The van der Waals surface area contributed by atoms with Gasteiger partial charge in [0.2, 0.25) is 5.91 Å². The molecule has 0 spiro atoms. The van der Waals surface area contributed by atoms with Crippen LogP contribution in [-0.4, -0.2) is 32.4 Å². The number of anilines is 1. The molecular formula is C12H17FN2O3S. The summed E-state index contributed by atoms with van der Waals surface area (Å²) in [7, 11) is -3.54. The summed E-state index contributed by atoms with van der Waals surface area (Å²) in [6.45, 7) is 1.92. The van der Waals surface area contributed by atoms with Gasteiger partial charge in [-0.1, -0.05) is 19.1 Å². The molecule has 0 bridgehead atoms. The molecule has 1 atom stereocenters. The molecule has 1 rings (SSSR count). The van der Waals surface area contributed by atoms with Gasteiger partial charge in [-0.3, -0.25) is 4.79 Å². The van der Waals surface area contributed by atoms with E-state index >= 15 is 0 Å². The van der Waals surface area contributed by atoms with Crippen LogP contribution in [0.3, 0.4) is 0 Å². The van der Waals surface area contributed by atoms with E-state index in [0.717, 1.165) is 0 Å². The molecule has 0 aliphatic heterocycles. The van der Waals surface area contributed by atoms with E-state index < -0.39 is 27.3 Å². The fourth-order valence-corrected chi connectivity index (χ4v) is 3.10. The van der Waals surface area contributed by atoms with Crippen molar-refractivity contribution in [2.45, 2.75) is 6.92 Å². The number of para-hydroxylation sites is 1. The Labute approximate surface area is 111 Å². The van der Waals surface area contributed by atoms with E-state index in [2.05, 4.69) is 5.32 Å². The van der Waals surface area contributed by atoms with Gasteiger partial charge < -0.3 is 11.1 Å². The fourth-order valence-electron chi connectivity index (χ4n) is 1.51. The van der Waals surface area contributed by atoms with Crippen LogP contribution in [0.1, 0.15) is 6.92 Å². The van der Waals surface area contributed by atoms with E-state index in [0.29, 0.717) is 0 Å². The van der Waals surface area contributed by atoms with Crippen molar-refractivity contribution in [3.8, 4) is 0 Å². The first kappa shape index (κ1) is 15.6. The van der Waals surface area contributed by atoms with E-state index in [1.165, 1.54) is 18.2 Å². The molecule has 1 unspecified atom stereocenters. The van der Waals surface area contributed by atoms with Crippen LogP contribution in [0.2, 0.25) is 0 Å². The van der Waals surface area contributed by atoms with E-state index in [9.17, 15) is 17.6 Å². The van der Waals surface area contributed by atoms with E-state index in [4.69, 9.17) is 5.73 Å². The average molecular weight is 288 g/mol. The molecule has 0 aliphatic carbocycles. The molecule has 1 aromatic rings. The topological polar surface area (TPSA) is 89.3 Å². The Bertz CT molecular complexity index is 546. The van der Waals surface area contributed by atoms with E-state index in [1.54, 1.807) is 13.0 Å². The minimum atomic E-state index is -3.54. The summed E-state index contributed by atoms with van der Waals surface area (Å²) in [6, 6.07) is 5.57. The van der Waals surface area contributed by atoms with Crippen LogP contribution in [0.15, 0.2) is 24.3 Å². The number of hydrogen-bond donors (Lipinski definition) is 2. The lowest BCUT2D eigenvalue weighted by atomic mass is 10.2. The van der Waals surface area contributed by atoms with Gasteiger partial charge in [-0.15, -0.1) is 0 Å². The van der Waals surface area contributed by atoms with Gasteiger partial charge in [0.05, 0.1) is 11.4 Å². The zero-order valence-corrected chi connectivity index (χ0v) is 11.4. The lowest BCUT2D eigenvalue weighted by Gasteiger charge is -2.10. The number of nitrogens with two attached hydrogens (primary N) is 1. The van der Waals surface area contributed by atoms with Crippen LogP contribution >= 0.6 is 0 Å². The van der Waals surface area contributed by atoms with Crippen molar-refractivity contribution >= 4 is 21.4 Å². The number of halogens is 1. The largest absolute Gasteiger partial charge is 0.330 e. The third kappa shape index (κ3) is 5.35. The zero-order valence-electron chi connectivity index (χ0n) is 10.6. The van der Waals surface area contributed by atoms with Gasteiger partial charge >= 0.3 is 0 Å². The highest BCUT2D eigenvalue weighted by Gasteiger charge is 2.20. The van der Waals surface area contributed by atoms with Gasteiger partial charge in [0.25, 0.3) is 0 Å². The molecule has 0 aromatic heterocycles. The summed E-state index contributed by atoms with van der Waals surface area (Å²) in [5, 5.41) is 2.23. The molecule has 106 valence electrons. The number of sulfone groups is 1. The van der Waals surface area contributed by atoms with Gasteiger partial charge in [0.15, 0.2) is 9.84 Å². The predicted molar refractivity (Wildman–Crippen MR) is 71.9 cm³/mol. The van der Waals surface area contributed by atoms with Crippen molar-refractivity contribution in [2.24, 2.45) is 11.7 Å². The second-order valence-corrected chi connectivity index (χ2v) is 6.53. The van der Waals surface area contributed by atoms with Crippen LogP contribution in [0.25, 0.3) is 0 Å². The average Bonchev–Trinajstić information content (AvgIpc) is 2.30. The molecule has 0 heterocycles. The molecule has 0 saturated carbocycles. The lowest BCUT2D eigenvalue weighted by Crippen LogP contribution is -2.29. The summed E-state index contributed by atoms with van der Waals surface area (Å²) in [5.41, 5.74) is 5.31. The van der Waals surface area contributed by atoms with Crippen molar-refractivity contribution in [3.63, 3.8) is 0 Å².